The fourth-order valence-electron chi connectivity index (χ4n) is 3.67. The molecule has 0 fully saturated rings. The van der Waals surface area contributed by atoms with Crippen LogP contribution < -0.4 is 5.32 Å². The Kier molecular flexibility index (Phi) is 6.58. The Balaban J connectivity index is 1.78. The van der Waals surface area contributed by atoms with Crippen LogP contribution >= 0.6 is 23.8 Å². The Bertz CT molecular complexity index is 1140. The third-order valence-electron chi connectivity index (χ3n) is 5.49. The third kappa shape index (κ3) is 4.69. The van der Waals surface area contributed by atoms with E-state index in [0.29, 0.717) is 27.8 Å². The molecule has 0 radical (unpaired) electrons. The Morgan fingerprint density at radius 2 is 1.84 bits per heavy atom. The van der Waals surface area contributed by atoms with Gasteiger partial charge >= 0.3 is 0 Å². The van der Waals surface area contributed by atoms with Crippen LogP contribution in [0.25, 0.3) is 17.0 Å². The number of benzene rings is 2. The van der Waals surface area contributed by atoms with Crippen LogP contribution in [0.15, 0.2) is 58.8 Å². The molecule has 2 heterocycles. The van der Waals surface area contributed by atoms with Gasteiger partial charge in [0.25, 0.3) is 5.89 Å². The van der Waals surface area contributed by atoms with Crippen molar-refractivity contribution in [2.75, 3.05) is 6.54 Å². The number of rotatable bonds is 6. The molecule has 1 unspecified atom stereocenters. The van der Waals surface area contributed by atoms with E-state index in [9.17, 15) is 4.39 Å². The summed E-state index contributed by atoms with van der Waals surface area (Å²) < 4.78 is 19.3. The predicted octanol–water partition coefficient (Wildman–Crippen LogP) is 6.24. The molecule has 0 bridgehead atoms. The van der Waals surface area contributed by atoms with Crippen molar-refractivity contribution in [1.82, 2.24) is 20.4 Å². The highest BCUT2D eigenvalue weighted by Gasteiger charge is 2.34. The Hall–Kier alpha value is -2.77. The van der Waals surface area contributed by atoms with Crippen molar-refractivity contribution in [3.8, 4) is 11.4 Å². The molecule has 8 heteroatoms. The van der Waals surface area contributed by atoms with Gasteiger partial charge in [0.1, 0.15) is 5.82 Å². The van der Waals surface area contributed by atoms with Crippen LogP contribution in [0.2, 0.25) is 5.02 Å². The molecule has 1 N–H and O–H groups in total. The summed E-state index contributed by atoms with van der Waals surface area (Å²) in [6.07, 6.45) is 0.980. The molecular weight excluding hydrogens is 447 g/mol. The molecule has 4 rings (SSSR count). The van der Waals surface area contributed by atoms with Crippen LogP contribution in [-0.4, -0.2) is 26.7 Å². The van der Waals surface area contributed by atoms with Crippen LogP contribution in [0.1, 0.15) is 44.7 Å². The predicted molar refractivity (Wildman–Crippen MR) is 128 cm³/mol. The molecule has 1 atom stereocenters. The van der Waals surface area contributed by atoms with E-state index in [0.717, 1.165) is 35.4 Å². The van der Waals surface area contributed by atoms with E-state index in [4.69, 9.17) is 28.3 Å². The molecular formula is C24H24ClFN4OS. The topological polar surface area (TPSA) is 54.2 Å². The maximum absolute atomic E-state index is 13.6. The molecule has 1 aliphatic heterocycles. The molecule has 0 saturated heterocycles. The minimum absolute atomic E-state index is 0.296. The van der Waals surface area contributed by atoms with E-state index >= 15 is 0 Å². The van der Waals surface area contributed by atoms with E-state index < -0.39 is 0 Å². The summed E-state index contributed by atoms with van der Waals surface area (Å²) in [6.45, 7) is 7.13. The highest BCUT2D eigenvalue weighted by molar-refractivity contribution is 7.80. The molecule has 5 nitrogen and oxygen atoms in total. The number of nitrogens with zero attached hydrogens (tertiary/aromatic N) is 3. The molecule has 0 spiro atoms. The largest absolute Gasteiger partial charge is 0.351 e. The van der Waals surface area contributed by atoms with Gasteiger partial charge < -0.3 is 14.7 Å². The number of nitrogens with one attached hydrogen (secondary N) is 1. The quantitative estimate of drug-likeness (QED) is 0.430. The first kappa shape index (κ1) is 22.4. The smallest absolute Gasteiger partial charge is 0.258 e. The second kappa shape index (κ2) is 9.38. The van der Waals surface area contributed by atoms with Gasteiger partial charge in [-0.2, -0.15) is 4.98 Å². The number of thiocarbonyl (C=S) groups is 1. The molecule has 1 aromatic heterocycles. The van der Waals surface area contributed by atoms with Gasteiger partial charge in [-0.25, -0.2) is 4.39 Å². The highest BCUT2D eigenvalue weighted by atomic mass is 35.5. The zero-order valence-electron chi connectivity index (χ0n) is 18.1. The maximum atomic E-state index is 13.6. The molecule has 2 aromatic carbocycles. The molecule has 166 valence electrons. The van der Waals surface area contributed by atoms with Crippen molar-refractivity contribution < 1.29 is 8.91 Å². The lowest BCUT2D eigenvalue weighted by Crippen LogP contribution is -2.46. The monoisotopic (exact) mass is 470 g/mol. The summed E-state index contributed by atoms with van der Waals surface area (Å²) in [5.74, 6) is 1.10. The molecule has 3 aromatic rings. The van der Waals surface area contributed by atoms with E-state index in [1.54, 1.807) is 24.3 Å². The van der Waals surface area contributed by atoms with Crippen molar-refractivity contribution in [2.24, 2.45) is 5.92 Å². The first-order valence-corrected chi connectivity index (χ1v) is 11.3. The zero-order chi connectivity index (χ0) is 22.8. The molecule has 0 amide bonds. The standard InChI is InChI=1S/C24H24ClFN4OS/c1-14(2)12-13-30-15(3)20(21(27-24(30)32)16-6-10-19(26)11-7-16)23-28-22(29-31-23)17-4-8-18(25)9-5-17/h4-11,14,21H,12-13H2,1-3H3,(H,27,32). The Labute approximate surface area is 197 Å². The zero-order valence-corrected chi connectivity index (χ0v) is 19.7. The van der Waals surface area contributed by atoms with Crippen LogP contribution in [0.3, 0.4) is 0 Å². The number of aromatic nitrogens is 2. The van der Waals surface area contributed by atoms with Crippen LogP contribution in [0, 0.1) is 11.7 Å². The van der Waals surface area contributed by atoms with E-state index in [-0.39, 0.29) is 11.9 Å². The van der Waals surface area contributed by atoms with Crippen molar-refractivity contribution in [3.63, 3.8) is 0 Å². The minimum Gasteiger partial charge on any atom is -0.351 e. The van der Waals surface area contributed by atoms with Gasteiger partial charge in [0.2, 0.25) is 5.82 Å². The average Bonchev–Trinajstić information content (AvgIpc) is 3.23. The second-order valence-corrected chi connectivity index (χ2v) is 9.02. The van der Waals surface area contributed by atoms with Crippen molar-refractivity contribution in [2.45, 2.75) is 33.2 Å². The number of halogens is 2. The lowest BCUT2D eigenvalue weighted by Gasteiger charge is -2.37. The summed E-state index contributed by atoms with van der Waals surface area (Å²) in [4.78, 5) is 6.74. The van der Waals surface area contributed by atoms with Crippen LogP contribution in [0.4, 0.5) is 4.39 Å². The van der Waals surface area contributed by atoms with E-state index in [2.05, 4.69) is 34.2 Å². The van der Waals surface area contributed by atoms with Gasteiger partial charge in [-0.15, -0.1) is 0 Å². The Morgan fingerprint density at radius 1 is 1.16 bits per heavy atom. The Morgan fingerprint density at radius 3 is 2.50 bits per heavy atom. The SMILES string of the molecule is CC1=C(c2nc(-c3ccc(Cl)cc3)no2)C(c2ccc(F)cc2)NC(=S)N1CCC(C)C. The lowest BCUT2D eigenvalue weighted by molar-refractivity contribution is 0.390. The van der Waals surface area contributed by atoms with Gasteiger partial charge in [0.05, 0.1) is 11.6 Å². The summed E-state index contributed by atoms with van der Waals surface area (Å²) in [5.41, 5.74) is 3.42. The lowest BCUT2D eigenvalue weighted by atomic mass is 9.94. The molecule has 1 aliphatic rings. The van der Waals surface area contributed by atoms with Gasteiger partial charge in [-0.3, -0.25) is 0 Å². The fraction of sp³-hybridized carbons (Fsp3) is 0.292. The van der Waals surface area contributed by atoms with Gasteiger partial charge in [-0.05, 0) is 73.4 Å². The van der Waals surface area contributed by atoms with Crippen LogP contribution in [0.5, 0.6) is 0 Å². The molecule has 32 heavy (non-hydrogen) atoms. The summed E-state index contributed by atoms with van der Waals surface area (Å²) in [7, 11) is 0. The first-order chi connectivity index (χ1) is 15.3. The van der Waals surface area contributed by atoms with Crippen molar-refractivity contribution in [3.05, 3.63) is 76.5 Å². The summed E-state index contributed by atoms with van der Waals surface area (Å²) in [6, 6.07) is 13.3. The highest BCUT2D eigenvalue weighted by Crippen LogP contribution is 2.37. The van der Waals surface area contributed by atoms with Crippen LogP contribution in [-0.2, 0) is 0 Å². The fourth-order valence-corrected chi connectivity index (χ4v) is 4.14. The molecule has 0 aliphatic carbocycles. The normalized spacial score (nSPS) is 16.6. The number of hydrogen-bond donors (Lipinski definition) is 1. The van der Waals surface area contributed by atoms with E-state index in [1.807, 2.05) is 19.1 Å². The number of allylic oxidation sites excluding steroid dienone is 1. The average molecular weight is 471 g/mol. The van der Waals surface area contributed by atoms with E-state index in [1.165, 1.54) is 12.1 Å². The first-order valence-electron chi connectivity index (χ1n) is 10.5. The van der Waals surface area contributed by atoms with Gasteiger partial charge in [0.15, 0.2) is 5.11 Å². The van der Waals surface area contributed by atoms with Gasteiger partial charge in [-0.1, -0.05) is 42.7 Å². The van der Waals surface area contributed by atoms with Crippen molar-refractivity contribution in [1.29, 1.82) is 0 Å². The van der Waals surface area contributed by atoms with Crippen molar-refractivity contribution >= 4 is 34.5 Å². The summed E-state index contributed by atoms with van der Waals surface area (Å²) >= 11 is 11.7. The second-order valence-electron chi connectivity index (χ2n) is 8.20. The minimum atomic E-state index is -0.336. The van der Waals surface area contributed by atoms with Gasteiger partial charge in [0, 0.05) is 22.8 Å². The third-order valence-corrected chi connectivity index (χ3v) is 6.08. The molecule has 0 saturated carbocycles. The maximum Gasteiger partial charge on any atom is 0.258 e. The summed E-state index contributed by atoms with van der Waals surface area (Å²) in [5, 5.41) is 8.84. The number of hydrogen-bond acceptors (Lipinski definition) is 4.